The topological polar surface area (TPSA) is 103 Å². The molecule has 43 heavy (non-hydrogen) atoms. The lowest BCUT2D eigenvalue weighted by molar-refractivity contribution is -0.145. The predicted molar refractivity (Wildman–Crippen MR) is 170 cm³/mol. The molecule has 2 heterocycles. The minimum Gasteiger partial charge on any atom is -0.493 e. The molecule has 0 saturated carbocycles. The Morgan fingerprint density at radius 3 is 2.51 bits per heavy atom. The summed E-state index contributed by atoms with van der Waals surface area (Å²) in [4.78, 5) is 40.1. The molecule has 11 heteroatoms. The van der Waals surface area contributed by atoms with Crippen LogP contribution in [0.2, 0.25) is 0 Å². The van der Waals surface area contributed by atoms with E-state index < -0.39 is 11.9 Å². The molecular weight excluding hydrogens is 636 g/mol. The van der Waals surface area contributed by atoms with Crippen LogP contribution in [0, 0.1) is 5.92 Å². The molecule has 2 aromatic carbocycles. The molecule has 9 nitrogen and oxygen atoms in total. The first-order chi connectivity index (χ1) is 20.7. The number of hydrogen-bond donors (Lipinski definition) is 1. The van der Waals surface area contributed by atoms with Gasteiger partial charge < -0.3 is 29.2 Å². The number of benzene rings is 2. The third kappa shape index (κ3) is 8.29. The molecule has 0 unspecified atom stereocenters. The quantitative estimate of drug-likeness (QED) is 0.212. The molecule has 1 fully saturated rings. The van der Waals surface area contributed by atoms with Crippen molar-refractivity contribution in [3.63, 3.8) is 0 Å². The van der Waals surface area contributed by atoms with Crippen molar-refractivity contribution in [3.8, 4) is 21.9 Å². The molecule has 1 saturated heterocycles. The molecule has 2 amide bonds. The molecule has 1 aliphatic heterocycles. The van der Waals surface area contributed by atoms with Crippen molar-refractivity contribution < 1.29 is 33.3 Å². The summed E-state index contributed by atoms with van der Waals surface area (Å²) in [6.45, 7) is 7.70. The number of para-hydroxylation sites is 1. The average molecular weight is 674 g/mol. The van der Waals surface area contributed by atoms with E-state index in [0.29, 0.717) is 41.8 Å². The number of thiophene rings is 1. The van der Waals surface area contributed by atoms with Gasteiger partial charge in [0.25, 0.3) is 0 Å². The van der Waals surface area contributed by atoms with E-state index in [-0.39, 0.29) is 29.9 Å². The number of likely N-dealkylation sites (tertiary alicyclic amines) is 1. The lowest BCUT2D eigenvalue weighted by Crippen LogP contribution is -2.42. The van der Waals surface area contributed by atoms with E-state index >= 15 is 0 Å². The van der Waals surface area contributed by atoms with Crippen molar-refractivity contribution in [2.24, 2.45) is 5.92 Å². The van der Waals surface area contributed by atoms with Gasteiger partial charge in [-0.2, -0.15) is 0 Å². The predicted octanol–water partition coefficient (Wildman–Crippen LogP) is 7.35. The van der Waals surface area contributed by atoms with Gasteiger partial charge in [-0.15, -0.1) is 11.3 Å². The first kappa shape index (κ1) is 32.3. The standard InChI is InChI=1S/C32H37BrN2O7S/c1-5-40-26(36)19-42-28-27(33)29(43-30(28)31(37)39-4)22-9-8-10-23(17-22)41-18-21-13-15-35(16-14-21)32(38)34-25-12-7-6-11-24(25)20(2)3/h6-12,17,20-21H,5,13-16,18-19H2,1-4H3,(H,34,38). The van der Waals surface area contributed by atoms with Crippen LogP contribution in [0.5, 0.6) is 11.5 Å². The zero-order chi connectivity index (χ0) is 30.9. The summed E-state index contributed by atoms with van der Waals surface area (Å²) in [5.41, 5.74) is 2.80. The van der Waals surface area contributed by atoms with Crippen LogP contribution in [0.4, 0.5) is 10.5 Å². The minimum absolute atomic E-state index is 0.0707. The molecule has 0 radical (unpaired) electrons. The molecule has 0 spiro atoms. The Kier molecular flexibility index (Phi) is 11.5. The van der Waals surface area contributed by atoms with Crippen LogP contribution in [-0.4, -0.2) is 62.9 Å². The van der Waals surface area contributed by atoms with Crippen molar-refractivity contribution in [1.29, 1.82) is 0 Å². The summed E-state index contributed by atoms with van der Waals surface area (Å²) in [5, 5.41) is 3.09. The fourth-order valence-electron chi connectivity index (χ4n) is 4.82. The van der Waals surface area contributed by atoms with Gasteiger partial charge in [-0.05, 0) is 76.9 Å². The number of rotatable bonds is 11. The number of hydrogen-bond acceptors (Lipinski definition) is 8. The number of amides is 2. The summed E-state index contributed by atoms with van der Waals surface area (Å²) >= 11 is 4.75. The van der Waals surface area contributed by atoms with E-state index in [0.717, 1.165) is 34.5 Å². The van der Waals surface area contributed by atoms with Gasteiger partial charge in [0.05, 0.1) is 29.7 Å². The number of esters is 2. The molecule has 0 atom stereocenters. The van der Waals surface area contributed by atoms with E-state index in [1.165, 1.54) is 18.4 Å². The molecule has 1 aliphatic rings. The third-order valence-corrected chi connectivity index (χ3v) is 9.35. The largest absolute Gasteiger partial charge is 0.493 e. The zero-order valence-corrected chi connectivity index (χ0v) is 27.2. The molecule has 3 aromatic rings. The maximum Gasteiger partial charge on any atom is 0.351 e. The van der Waals surface area contributed by atoms with Gasteiger partial charge in [-0.1, -0.05) is 44.2 Å². The maximum absolute atomic E-state index is 12.9. The maximum atomic E-state index is 12.9. The highest BCUT2D eigenvalue weighted by Crippen LogP contribution is 2.46. The second kappa shape index (κ2) is 15.2. The normalized spacial score (nSPS) is 13.5. The highest BCUT2D eigenvalue weighted by Gasteiger charge is 2.27. The van der Waals surface area contributed by atoms with E-state index in [4.69, 9.17) is 18.9 Å². The van der Waals surface area contributed by atoms with Crippen LogP contribution in [0.1, 0.15) is 54.8 Å². The molecular formula is C32H37BrN2O7S. The Morgan fingerprint density at radius 1 is 1.07 bits per heavy atom. The molecule has 0 bridgehead atoms. The van der Waals surface area contributed by atoms with Gasteiger partial charge in [0.1, 0.15) is 5.75 Å². The van der Waals surface area contributed by atoms with Gasteiger partial charge in [-0.25, -0.2) is 14.4 Å². The highest BCUT2D eigenvalue weighted by molar-refractivity contribution is 9.10. The zero-order valence-electron chi connectivity index (χ0n) is 24.8. The second-order valence-electron chi connectivity index (χ2n) is 10.4. The lowest BCUT2D eigenvalue weighted by Gasteiger charge is -2.32. The van der Waals surface area contributed by atoms with Crippen LogP contribution in [0.15, 0.2) is 53.0 Å². The van der Waals surface area contributed by atoms with Gasteiger partial charge in [0.15, 0.2) is 17.2 Å². The molecule has 4 rings (SSSR count). The first-order valence-corrected chi connectivity index (χ1v) is 15.9. The fraction of sp³-hybridized carbons (Fsp3) is 0.406. The summed E-state index contributed by atoms with van der Waals surface area (Å²) in [7, 11) is 1.29. The summed E-state index contributed by atoms with van der Waals surface area (Å²) in [5.74, 6) is 0.466. The van der Waals surface area contributed by atoms with Crippen LogP contribution in [0.25, 0.3) is 10.4 Å². The smallest absolute Gasteiger partial charge is 0.351 e. The second-order valence-corrected chi connectivity index (χ2v) is 12.2. The van der Waals surface area contributed by atoms with E-state index in [9.17, 15) is 14.4 Å². The van der Waals surface area contributed by atoms with E-state index in [1.54, 1.807) is 6.92 Å². The number of piperidine rings is 1. The number of methoxy groups -OCH3 is 1. The van der Waals surface area contributed by atoms with Gasteiger partial charge in [-0.3, -0.25) is 0 Å². The van der Waals surface area contributed by atoms with Crippen LogP contribution < -0.4 is 14.8 Å². The first-order valence-electron chi connectivity index (χ1n) is 14.3. The molecule has 0 aliphatic carbocycles. The van der Waals surface area contributed by atoms with Crippen LogP contribution in [-0.2, 0) is 14.3 Å². The van der Waals surface area contributed by atoms with E-state index in [1.807, 2.05) is 53.4 Å². The average Bonchev–Trinajstić information content (AvgIpc) is 3.35. The number of urea groups is 1. The Balaban J connectivity index is 1.36. The van der Waals surface area contributed by atoms with Crippen molar-refractivity contribution in [2.75, 3.05) is 45.3 Å². The van der Waals surface area contributed by atoms with Crippen molar-refractivity contribution in [2.45, 2.75) is 39.5 Å². The monoisotopic (exact) mass is 672 g/mol. The van der Waals surface area contributed by atoms with Crippen molar-refractivity contribution in [1.82, 2.24) is 4.90 Å². The Hall–Kier alpha value is -3.57. The van der Waals surface area contributed by atoms with Gasteiger partial charge >= 0.3 is 18.0 Å². The number of halogens is 1. The summed E-state index contributed by atoms with van der Waals surface area (Å²) in [6.07, 6.45) is 1.69. The highest BCUT2D eigenvalue weighted by atomic mass is 79.9. The Morgan fingerprint density at radius 2 is 1.81 bits per heavy atom. The van der Waals surface area contributed by atoms with Crippen LogP contribution in [0.3, 0.4) is 0 Å². The number of ether oxygens (including phenoxy) is 4. The number of nitrogens with zero attached hydrogens (tertiary/aromatic N) is 1. The van der Waals surface area contributed by atoms with Gasteiger partial charge in [0, 0.05) is 18.8 Å². The Bertz CT molecular complexity index is 1430. The molecule has 230 valence electrons. The Labute approximate surface area is 264 Å². The number of carbonyl (C=O) groups excluding carboxylic acids is 3. The fourth-order valence-corrected chi connectivity index (χ4v) is 6.79. The van der Waals surface area contributed by atoms with Crippen molar-refractivity contribution >= 4 is 50.9 Å². The van der Waals surface area contributed by atoms with E-state index in [2.05, 4.69) is 35.1 Å². The lowest BCUT2D eigenvalue weighted by atomic mass is 9.98. The SMILES string of the molecule is CCOC(=O)COc1c(C(=O)OC)sc(-c2cccc(OCC3CCN(C(=O)Nc4ccccc4C(C)C)CC3)c2)c1Br. The molecule has 1 aromatic heterocycles. The van der Waals surface area contributed by atoms with Crippen LogP contribution >= 0.6 is 27.3 Å². The third-order valence-electron chi connectivity index (χ3n) is 7.13. The van der Waals surface area contributed by atoms with Crippen molar-refractivity contribution in [3.05, 3.63) is 63.4 Å². The number of nitrogens with one attached hydrogen (secondary N) is 1. The van der Waals surface area contributed by atoms with Gasteiger partial charge in [0.2, 0.25) is 0 Å². The summed E-state index contributed by atoms with van der Waals surface area (Å²) in [6, 6.07) is 15.4. The molecule has 1 N–H and O–H groups in total. The number of anilines is 1. The minimum atomic E-state index is -0.563. The number of carbonyl (C=O) groups is 3. The summed E-state index contributed by atoms with van der Waals surface area (Å²) < 4.78 is 22.3.